The maximum atomic E-state index is 16.6. The van der Waals surface area contributed by atoms with Gasteiger partial charge in [0.15, 0.2) is 5.82 Å². The van der Waals surface area contributed by atoms with Crippen molar-refractivity contribution in [2.45, 2.75) is 54.6 Å². The molecule has 0 radical (unpaired) electrons. The number of anilines is 1. The van der Waals surface area contributed by atoms with Gasteiger partial charge in [-0.05, 0) is 25.0 Å². The number of H-pyrrole nitrogens is 1. The van der Waals surface area contributed by atoms with Crippen LogP contribution in [0, 0.1) is 11.7 Å². The molecule has 3 atom stereocenters. The summed E-state index contributed by atoms with van der Waals surface area (Å²) >= 11 is 7.22. The van der Waals surface area contributed by atoms with Crippen LogP contribution >= 0.6 is 11.6 Å². The third-order valence-electron chi connectivity index (χ3n) is 9.36. The van der Waals surface area contributed by atoms with Crippen LogP contribution in [-0.4, -0.2) is 120 Å². The maximum absolute atomic E-state index is 16.6. The van der Waals surface area contributed by atoms with Crippen molar-refractivity contribution in [2.24, 2.45) is 5.92 Å². The number of aromatic nitrogens is 5. The molecule has 3 saturated heterocycles. The summed E-state index contributed by atoms with van der Waals surface area (Å²) in [4.78, 5) is 31.0. The molecule has 1 N–H and O–H groups in total. The van der Waals surface area contributed by atoms with E-state index in [2.05, 4.69) is 30.0 Å². The Morgan fingerprint density at radius 2 is 2.09 bits per heavy atom. The Balaban J connectivity index is 1.22. The number of aromatic amines is 1. The van der Waals surface area contributed by atoms with Crippen molar-refractivity contribution in [2.75, 3.05) is 51.0 Å². The quantitative estimate of drug-likeness (QED) is 0.178. The van der Waals surface area contributed by atoms with Gasteiger partial charge >= 0.3 is 135 Å². The number of rotatable bonds is 10. The summed E-state index contributed by atoms with van der Waals surface area (Å²) in [6.45, 7) is 4.70. The Hall–Kier alpha value is -2.69. The Morgan fingerprint density at radius 1 is 1.17 bits per heavy atom. The molecule has 3 fully saturated rings. The number of halogens is 2. The van der Waals surface area contributed by atoms with Gasteiger partial charge in [-0.25, -0.2) is 4.39 Å². The first-order valence-electron chi connectivity index (χ1n) is 16.0. The summed E-state index contributed by atoms with van der Waals surface area (Å²) < 4.78 is 34.9. The molecular formula is C32H36ClFN7O4Tl. The monoisotopic (exact) mass is 841 g/mol. The fourth-order valence-corrected chi connectivity index (χ4v) is 7.76. The third kappa shape index (κ3) is 6.67. The number of carbonyl (C=O) groups is 1. The van der Waals surface area contributed by atoms with Crippen LogP contribution in [0.15, 0.2) is 24.5 Å². The fraction of sp³-hybridized carbons (Fsp3) is 0.531. The molecule has 0 spiro atoms. The average molecular weight is 842 g/mol. The number of morpholine rings is 1. The number of carbonyl (C=O) groups excluding carboxylic acids is 1. The SMILES string of the molecule is O=C(CC[C@@H]1CCCN(c2nc(OC[C@@H]3CCC4COCCN43)nc3c(F)c(-c4cc(Cl)cc5[nH]ncc45)ncc23)C1)OC[CH2][Tl]. The Morgan fingerprint density at radius 3 is 2.98 bits per heavy atom. The van der Waals surface area contributed by atoms with Crippen molar-refractivity contribution < 1.29 is 23.4 Å². The average Bonchev–Trinajstić information content (AvgIpc) is 3.72. The molecule has 0 amide bonds. The molecule has 3 aromatic heterocycles. The number of hydrogen-bond donors (Lipinski definition) is 1. The van der Waals surface area contributed by atoms with E-state index in [0.29, 0.717) is 71.5 Å². The number of nitrogens with one attached hydrogen (secondary N) is 1. The predicted molar refractivity (Wildman–Crippen MR) is 173 cm³/mol. The standard InChI is InChI=1S/C32H36ClFN7O4.Tl/c1-2-44-27(42)8-5-19-4-3-9-40(16-19)31-25-14-35-29(23-12-20(33)13-26-24(23)15-36-39-26)28(34)30(25)37-32(38-31)45-18-22-7-6-21-17-43-11-10-41(21)22;/h12-15,19,21-22H,1-11,16-18H2,(H,36,39);/t19-,21?,22-;/m0./s1. The molecule has 0 saturated carbocycles. The van der Waals surface area contributed by atoms with Gasteiger partial charge < -0.3 is 9.47 Å². The third-order valence-corrected chi connectivity index (χ3v) is 10.5. The van der Waals surface area contributed by atoms with Gasteiger partial charge in [0.1, 0.15) is 12.3 Å². The van der Waals surface area contributed by atoms with Crippen LogP contribution in [-0.2, 0) is 14.3 Å². The molecule has 0 bridgehead atoms. The number of esters is 1. The molecule has 3 aliphatic heterocycles. The number of pyridine rings is 1. The van der Waals surface area contributed by atoms with Crippen LogP contribution in [0.5, 0.6) is 6.01 Å². The van der Waals surface area contributed by atoms with Crippen LogP contribution < -0.4 is 9.64 Å². The van der Waals surface area contributed by atoms with Crippen molar-refractivity contribution >= 4 is 71.0 Å². The minimum absolute atomic E-state index is 0.134. The minimum atomic E-state index is -0.569. The topological polar surface area (TPSA) is 119 Å². The Bertz CT molecular complexity index is 1730. The van der Waals surface area contributed by atoms with Crippen LogP contribution in [0.2, 0.25) is 9.00 Å². The number of ether oxygens (including phenoxy) is 3. The van der Waals surface area contributed by atoms with Crippen molar-refractivity contribution in [1.82, 2.24) is 30.0 Å². The summed E-state index contributed by atoms with van der Waals surface area (Å²) in [5.74, 6) is 0.170. The van der Waals surface area contributed by atoms with Gasteiger partial charge in [0.25, 0.3) is 0 Å². The van der Waals surface area contributed by atoms with Crippen LogP contribution in [0.3, 0.4) is 0 Å². The van der Waals surface area contributed by atoms with Crippen LogP contribution in [0.25, 0.3) is 33.1 Å². The Labute approximate surface area is 287 Å². The van der Waals surface area contributed by atoms with E-state index >= 15 is 4.39 Å². The molecule has 14 heteroatoms. The fourth-order valence-electron chi connectivity index (χ4n) is 7.08. The molecule has 4 aromatic rings. The molecular weight excluding hydrogens is 805 g/mol. The second-order valence-electron chi connectivity index (χ2n) is 12.3. The molecule has 1 unspecified atom stereocenters. The van der Waals surface area contributed by atoms with E-state index in [-0.39, 0.29) is 35.2 Å². The number of benzene rings is 1. The van der Waals surface area contributed by atoms with Gasteiger partial charge in [0, 0.05) is 34.6 Å². The predicted octanol–water partition coefficient (Wildman–Crippen LogP) is 4.73. The van der Waals surface area contributed by atoms with Crippen molar-refractivity contribution in [1.29, 1.82) is 0 Å². The van der Waals surface area contributed by atoms with Crippen LogP contribution in [0.4, 0.5) is 10.2 Å². The number of nitrogens with zero attached hydrogens (tertiary/aromatic N) is 6. The first-order valence-corrected chi connectivity index (χ1v) is 19.6. The second kappa shape index (κ2) is 14.2. The van der Waals surface area contributed by atoms with E-state index in [4.69, 9.17) is 30.8 Å². The van der Waals surface area contributed by atoms with E-state index in [1.165, 1.54) is 0 Å². The summed E-state index contributed by atoms with van der Waals surface area (Å²) in [5.41, 5.74) is 1.49. The van der Waals surface area contributed by atoms with Crippen molar-refractivity contribution in [3.8, 4) is 17.3 Å². The number of piperidine rings is 1. The molecule has 11 nitrogen and oxygen atoms in total. The molecule has 7 rings (SSSR count). The summed E-state index contributed by atoms with van der Waals surface area (Å²) in [5, 5.41) is 8.70. The van der Waals surface area contributed by atoms with E-state index in [1.807, 2.05) is 0 Å². The first kappa shape index (κ1) is 31.9. The summed E-state index contributed by atoms with van der Waals surface area (Å²) in [7, 11) is 0. The zero-order chi connectivity index (χ0) is 31.6. The number of fused-ring (bicyclic) bond motifs is 3. The zero-order valence-corrected chi connectivity index (χ0v) is 30.8. The molecule has 46 heavy (non-hydrogen) atoms. The molecule has 3 aliphatic rings. The van der Waals surface area contributed by atoms with Gasteiger partial charge in [0.2, 0.25) is 0 Å². The van der Waals surface area contributed by atoms with Crippen LogP contribution in [0.1, 0.15) is 38.5 Å². The molecule has 0 aliphatic carbocycles. The second-order valence-corrected chi connectivity index (χ2v) is 15.0. The van der Waals surface area contributed by atoms with Crippen molar-refractivity contribution in [3.63, 3.8) is 0 Å². The van der Waals surface area contributed by atoms with Gasteiger partial charge in [-0.2, -0.15) is 10.1 Å². The van der Waals surface area contributed by atoms with Crippen molar-refractivity contribution in [3.05, 3.63) is 35.4 Å². The normalized spacial score (nSPS) is 21.9. The van der Waals surface area contributed by atoms with E-state index in [1.54, 1.807) is 24.5 Å². The summed E-state index contributed by atoms with van der Waals surface area (Å²) in [6, 6.07) is 4.22. The van der Waals surface area contributed by atoms with Gasteiger partial charge in [-0.15, -0.1) is 0 Å². The zero-order valence-electron chi connectivity index (χ0n) is 25.6. The summed E-state index contributed by atoms with van der Waals surface area (Å²) in [6.07, 6.45) is 8.42. The van der Waals surface area contributed by atoms with Gasteiger partial charge in [-0.1, -0.05) is 11.6 Å². The van der Waals surface area contributed by atoms with E-state index < -0.39 is 5.82 Å². The first-order chi connectivity index (χ1) is 22.5. The van der Waals surface area contributed by atoms with Gasteiger partial charge in [0.05, 0.1) is 24.9 Å². The molecule has 240 valence electrons. The van der Waals surface area contributed by atoms with E-state index in [0.717, 1.165) is 81.5 Å². The molecule has 6 heterocycles. The van der Waals surface area contributed by atoms with E-state index in [9.17, 15) is 4.79 Å². The number of hydrogen-bond acceptors (Lipinski definition) is 10. The van der Waals surface area contributed by atoms with Gasteiger partial charge in [-0.3, -0.25) is 15.0 Å². The Kier molecular flexibility index (Phi) is 9.84. The molecule has 1 aromatic carbocycles.